The highest BCUT2D eigenvalue weighted by Crippen LogP contribution is 2.38. The number of hydrogen-bond acceptors (Lipinski definition) is 7. The van der Waals surface area contributed by atoms with Crippen molar-refractivity contribution >= 4 is 40.3 Å². The number of carbonyl (C=O) groups excluding carboxylic acids is 3. The monoisotopic (exact) mass is 605 g/mol. The lowest BCUT2D eigenvalue weighted by Crippen LogP contribution is -2.37. The van der Waals surface area contributed by atoms with Crippen molar-refractivity contribution in [3.63, 3.8) is 0 Å². The predicted octanol–water partition coefficient (Wildman–Crippen LogP) is 5.20. The molecule has 0 saturated carbocycles. The van der Waals surface area contributed by atoms with Crippen LogP contribution in [0.4, 0.5) is 5.69 Å². The Morgan fingerprint density at radius 3 is 2.24 bits per heavy atom. The molecule has 0 bridgehead atoms. The lowest BCUT2D eigenvalue weighted by molar-refractivity contribution is -0.115. The summed E-state index contributed by atoms with van der Waals surface area (Å²) in [5.74, 6) is -3.66. The number of anilines is 1. The maximum atomic E-state index is 13.4. The fourth-order valence-corrected chi connectivity index (χ4v) is 5.94. The SMILES string of the molecule is CC(C)[C@@H](c1nc(C(=O)O)c(CC(=O)Nc2ccccc2-c2cccc3[nH]cc(CCN)c23)o1)N1C(=O)c2ccccc2C1=O. The quantitative estimate of drug-likeness (QED) is 0.157. The van der Waals surface area contributed by atoms with Gasteiger partial charge in [0.15, 0.2) is 5.69 Å². The zero-order valence-electron chi connectivity index (χ0n) is 24.7. The van der Waals surface area contributed by atoms with Gasteiger partial charge in [0.1, 0.15) is 11.8 Å². The second-order valence-electron chi connectivity index (χ2n) is 11.2. The standard InChI is InChI=1S/C34H31N5O6/c1-18(2)30(39-32(41)22-9-3-4-10-23(22)33(39)42)31-38-29(34(43)44)26(45-31)16-27(40)37-24-12-6-5-8-20(24)21-11-7-13-25-28(21)19(14-15-35)17-36-25/h3-13,17-18,30,36H,14-16,35H2,1-2H3,(H,37,40)(H,43,44)/t30-/m0/s1. The first-order valence-electron chi connectivity index (χ1n) is 14.6. The van der Waals surface area contributed by atoms with Gasteiger partial charge in [-0.05, 0) is 54.3 Å². The van der Waals surface area contributed by atoms with E-state index in [1.165, 1.54) is 0 Å². The van der Waals surface area contributed by atoms with E-state index in [-0.39, 0.29) is 28.7 Å². The Labute approximate surface area is 258 Å². The third-order valence-electron chi connectivity index (χ3n) is 7.92. The number of nitrogens with two attached hydrogens (primary N) is 1. The number of nitrogens with one attached hydrogen (secondary N) is 2. The van der Waals surface area contributed by atoms with E-state index in [4.69, 9.17) is 10.2 Å². The van der Waals surface area contributed by atoms with Crippen LogP contribution in [0.15, 0.2) is 77.3 Å². The Kier molecular flexibility index (Phi) is 7.78. The van der Waals surface area contributed by atoms with Crippen molar-refractivity contribution in [3.8, 4) is 11.1 Å². The van der Waals surface area contributed by atoms with E-state index in [9.17, 15) is 24.3 Å². The summed E-state index contributed by atoms with van der Waals surface area (Å²) in [4.78, 5) is 60.6. The summed E-state index contributed by atoms with van der Waals surface area (Å²) in [6.45, 7) is 4.02. The van der Waals surface area contributed by atoms with E-state index in [0.29, 0.717) is 18.7 Å². The largest absolute Gasteiger partial charge is 0.476 e. The number of H-pyrrole nitrogens is 1. The molecule has 0 aliphatic carbocycles. The molecule has 0 saturated heterocycles. The predicted molar refractivity (Wildman–Crippen MR) is 167 cm³/mol. The number of rotatable bonds is 10. The fraction of sp³-hybridized carbons (Fsp3) is 0.206. The van der Waals surface area contributed by atoms with E-state index in [0.717, 1.165) is 32.5 Å². The normalized spacial score (nSPS) is 13.5. The number of carbonyl (C=O) groups is 4. The van der Waals surface area contributed by atoms with Crippen LogP contribution in [0.5, 0.6) is 0 Å². The van der Waals surface area contributed by atoms with Crippen LogP contribution >= 0.6 is 0 Å². The third-order valence-corrected chi connectivity index (χ3v) is 7.92. The number of hydrogen-bond donors (Lipinski definition) is 4. The lowest BCUT2D eigenvalue weighted by Gasteiger charge is -2.26. The van der Waals surface area contributed by atoms with Crippen molar-refractivity contribution in [3.05, 3.63) is 107 Å². The second kappa shape index (κ2) is 11.9. The number of carboxylic acids is 1. The molecule has 228 valence electrons. The molecule has 1 aliphatic heterocycles. The van der Waals surface area contributed by atoms with Crippen molar-refractivity contribution in [2.75, 3.05) is 11.9 Å². The number of aromatic nitrogens is 2. The van der Waals surface area contributed by atoms with Gasteiger partial charge in [0, 0.05) is 28.4 Å². The molecule has 11 nitrogen and oxygen atoms in total. The molecule has 3 amide bonds. The number of nitrogens with zero attached hydrogens (tertiary/aromatic N) is 2. The van der Waals surface area contributed by atoms with Gasteiger partial charge in [0.2, 0.25) is 11.8 Å². The number of oxazole rings is 1. The highest BCUT2D eigenvalue weighted by Gasteiger charge is 2.44. The van der Waals surface area contributed by atoms with Crippen LogP contribution in [0, 0.1) is 5.92 Å². The van der Waals surface area contributed by atoms with Gasteiger partial charge in [-0.15, -0.1) is 0 Å². The minimum atomic E-state index is -1.40. The molecule has 0 fully saturated rings. The van der Waals surface area contributed by atoms with Crippen LogP contribution < -0.4 is 11.1 Å². The number of fused-ring (bicyclic) bond motifs is 2. The summed E-state index contributed by atoms with van der Waals surface area (Å²) < 4.78 is 5.91. The Morgan fingerprint density at radius 2 is 1.60 bits per heavy atom. The molecule has 45 heavy (non-hydrogen) atoms. The van der Waals surface area contributed by atoms with Gasteiger partial charge in [-0.25, -0.2) is 9.78 Å². The average molecular weight is 606 g/mol. The molecule has 2 aromatic heterocycles. The molecule has 3 aromatic carbocycles. The first-order chi connectivity index (χ1) is 21.7. The number of carboxylic acid groups (broad SMARTS) is 1. The summed E-state index contributed by atoms with van der Waals surface area (Å²) in [5.41, 5.74) is 10.1. The molecule has 1 atom stereocenters. The molecule has 1 aliphatic rings. The summed E-state index contributed by atoms with van der Waals surface area (Å²) >= 11 is 0. The molecule has 0 unspecified atom stereocenters. The van der Waals surface area contributed by atoms with Gasteiger partial charge < -0.3 is 25.6 Å². The summed E-state index contributed by atoms with van der Waals surface area (Å²) in [6.07, 6.45) is 2.17. The zero-order chi connectivity index (χ0) is 31.8. The van der Waals surface area contributed by atoms with Crippen molar-refractivity contribution in [2.24, 2.45) is 11.7 Å². The van der Waals surface area contributed by atoms with Gasteiger partial charge in [-0.2, -0.15) is 0 Å². The average Bonchev–Trinajstić information content (AvgIpc) is 3.69. The Balaban J connectivity index is 1.30. The molecule has 5 aromatic rings. The summed E-state index contributed by atoms with van der Waals surface area (Å²) in [5, 5.41) is 13.8. The molecule has 3 heterocycles. The Morgan fingerprint density at radius 1 is 0.956 bits per heavy atom. The first kappa shape index (κ1) is 29.5. The minimum Gasteiger partial charge on any atom is -0.476 e. The van der Waals surface area contributed by atoms with E-state index in [1.807, 2.05) is 36.5 Å². The third kappa shape index (κ3) is 5.27. The maximum Gasteiger partial charge on any atom is 0.358 e. The molecule has 5 N–H and O–H groups in total. The zero-order valence-corrected chi connectivity index (χ0v) is 24.7. The van der Waals surface area contributed by atoms with Gasteiger partial charge in [0.05, 0.1) is 17.5 Å². The van der Waals surface area contributed by atoms with Crippen LogP contribution in [0.2, 0.25) is 0 Å². The number of benzene rings is 3. The van der Waals surface area contributed by atoms with Crippen LogP contribution in [0.1, 0.15) is 68.3 Å². The van der Waals surface area contributed by atoms with Crippen LogP contribution in [-0.4, -0.2) is 50.2 Å². The van der Waals surface area contributed by atoms with Crippen LogP contribution in [-0.2, 0) is 17.6 Å². The van der Waals surface area contributed by atoms with E-state index < -0.39 is 41.8 Å². The summed E-state index contributed by atoms with van der Waals surface area (Å²) in [6, 6.07) is 18.7. The molecule has 6 rings (SSSR count). The second-order valence-corrected chi connectivity index (χ2v) is 11.2. The van der Waals surface area contributed by atoms with E-state index in [2.05, 4.69) is 15.3 Å². The topological polar surface area (TPSA) is 172 Å². The summed E-state index contributed by atoms with van der Waals surface area (Å²) in [7, 11) is 0. The van der Waals surface area contributed by atoms with Gasteiger partial charge >= 0.3 is 5.97 Å². The fourth-order valence-electron chi connectivity index (χ4n) is 5.94. The van der Waals surface area contributed by atoms with Crippen molar-refractivity contribution in [1.82, 2.24) is 14.9 Å². The number of amides is 3. The van der Waals surface area contributed by atoms with Crippen LogP contribution in [0.25, 0.3) is 22.0 Å². The molecule has 11 heteroatoms. The van der Waals surface area contributed by atoms with Crippen LogP contribution in [0.3, 0.4) is 0 Å². The first-order valence-corrected chi connectivity index (χ1v) is 14.6. The highest BCUT2D eigenvalue weighted by atomic mass is 16.4. The number of aromatic amines is 1. The highest BCUT2D eigenvalue weighted by molar-refractivity contribution is 6.21. The van der Waals surface area contributed by atoms with Crippen molar-refractivity contribution in [1.29, 1.82) is 0 Å². The molecular weight excluding hydrogens is 574 g/mol. The number of aromatic carboxylic acids is 1. The lowest BCUT2D eigenvalue weighted by atomic mass is 9.96. The maximum absolute atomic E-state index is 13.4. The minimum absolute atomic E-state index is 0.133. The number of para-hydroxylation sites is 1. The van der Waals surface area contributed by atoms with Gasteiger partial charge in [-0.1, -0.05) is 56.3 Å². The van der Waals surface area contributed by atoms with Crippen molar-refractivity contribution < 1.29 is 28.7 Å². The Bertz CT molecular complexity index is 1940. The van der Waals surface area contributed by atoms with Crippen molar-refractivity contribution in [2.45, 2.75) is 32.7 Å². The van der Waals surface area contributed by atoms with E-state index >= 15 is 0 Å². The number of imide groups is 1. The molecular formula is C34H31N5O6. The van der Waals surface area contributed by atoms with E-state index in [1.54, 1.807) is 50.2 Å². The smallest absolute Gasteiger partial charge is 0.358 e. The molecule has 0 radical (unpaired) electrons. The van der Waals surface area contributed by atoms with Gasteiger partial charge in [-0.3, -0.25) is 19.3 Å². The Hall–Kier alpha value is -5.55. The van der Waals surface area contributed by atoms with Gasteiger partial charge in [0.25, 0.3) is 11.8 Å². The molecule has 0 spiro atoms.